The van der Waals surface area contributed by atoms with Gasteiger partial charge in [0.2, 0.25) is 5.69 Å². The predicted molar refractivity (Wildman–Crippen MR) is 82.1 cm³/mol. The second-order valence-electron chi connectivity index (χ2n) is 4.65. The number of halogens is 2. The Hall–Kier alpha value is -3.24. The molecule has 134 valence electrons. The lowest BCUT2D eigenvalue weighted by atomic mass is 10.2. The van der Waals surface area contributed by atoms with E-state index < -0.39 is 23.1 Å². The van der Waals surface area contributed by atoms with E-state index in [0.717, 1.165) is 6.20 Å². The molecular weight excluding hydrogens is 342 g/mol. The first kappa shape index (κ1) is 18.1. The molecule has 0 aliphatic heterocycles. The third-order valence-electron chi connectivity index (χ3n) is 3.17. The maximum Gasteiger partial charge on any atom is 0.387 e. The maximum absolute atomic E-state index is 12.4. The van der Waals surface area contributed by atoms with Gasteiger partial charge in [0.05, 0.1) is 12.0 Å². The summed E-state index contributed by atoms with van der Waals surface area (Å²) in [5.74, 6) is -1.01. The number of nitrogens with one attached hydrogen (secondary N) is 1. The Kier molecular flexibility index (Phi) is 5.47. The van der Waals surface area contributed by atoms with E-state index in [1.807, 2.05) is 0 Å². The first-order valence-corrected chi connectivity index (χ1v) is 7.01. The molecule has 0 fully saturated rings. The Morgan fingerprint density at radius 2 is 2.16 bits per heavy atom. The zero-order chi connectivity index (χ0) is 18.6. The van der Waals surface area contributed by atoms with Crippen molar-refractivity contribution in [3.05, 3.63) is 40.2 Å². The van der Waals surface area contributed by atoms with Crippen molar-refractivity contribution in [1.82, 2.24) is 9.78 Å². The average molecular weight is 356 g/mol. The van der Waals surface area contributed by atoms with Crippen LogP contribution >= 0.6 is 0 Å². The topological polar surface area (TPSA) is 109 Å². The van der Waals surface area contributed by atoms with Crippen LogP contribution in [0.3, 0.4) is 0 Å². The van der Waals surface area contributed by atoms with Gasteiger partial charge >= 0.3 is 12.3 Å². The second kappa shape index (κ2) is 7.55. The van der Waals surface area contributed by atoms with E-state index in [1.165, 1.54) is 30.0 Å². The van der Waals surface area contributed by atoms with Gasteiger partial charge in [0.1, 0.15) is 6.20 Å². The minimum atomic E-state index is -3.03. The summed E-state index contributed by atoms with van der Waals surface area (Å²) >= 11 is 0. The van der Waals surface area contributed by atoms with Crippen LogP contribution < -0.4 is 14.8 Å². The summed E-state index contributed by atoms with van der Waals surface area (Å²) in [5.41, 5.74) is -0.482. The number of ether oxygens (including phenoxy) is 2. The van der Waals surface area contributed by atoms with Crippen LogP contribution in [0.4, 0.5) is 20.2 Å². The number of methoxy groups -OCH3 is 1. The highest BCUT2D eigenvalue weighted by atomic mass is 19.3. The number of hydrogen-bond donors (Lipinski definition) is 1. The number of benzene rings is 1. The number of hydrogen-bond acceptors (Lipinski definition) is 6. The van der Waals surface area contributed by atoms with Crippen molar-refractivity contribution in [3.63, 3.8) is 0 Å². The summed E-state index contributed by atoms with van der Waals surface area (Å²) < 4.78 is 35.0. The number of nitrogens with zero attached hydrogens (tertiary/aromatic N) is 3. The largest absolute Gasteiger partial charge is 0.493 e. The number of alkyl halides is 2. The van der Waals surface area contributed by atoms with Crippen molar-refractivity contribution >= 4 is 17.3 Å². The molecule has 1 heterocycles. The van der Waals surface area contributed by atoms with Crippen LogP contribution in [-0.4, -0.2) is 34.3 Å². The van der Waals surface area contributed by atoms with Gasteiger partial charge in [-0.3, -0.25) is 19.6 Å². The van der Waals surface area contributed by atoms with Gasteiger partial charge in [-0.2, -0.15) is 13.9 Å². The first-order valence-electron chi connectivity index (χ1n) is 7.01. The van der Waals surface area contributed by atoms with Gasteiger partial charge in [-0.05, 0) is 19.1 Å². The van der Waals surface area contributed by atoms with Crippen molar-refractivity contribution in [3.8, 4) is 11.5 Å². The lowest BCUT2D eigenvalue weighted by Gasteiger charge is -2.12. The normalized spacial score (nSPS) is 10.6. The molecule has 1 aromatic carbocycles. The van der Waals surface area contributed by atoms with E-state index in [9.17, 15) is 23.7 Å². The zero-order valence-corrected chi connectivity index (χ0v) is 13.2. The van der Waals surface area contributed by atoms with Gasteiger partial charge in [-0.15, -0.1) is 0 Å². The Morgan fingerprint density at radius 3 is 2.72 bits per heavy atom. The highest BCUT2D eigenvalue weighted by Gasteiger charge is 2.26. The molecule has 0 saturated heterocycles. The Labute approximate surface area is 140 Å². The summed E-state index contributed by atoms with van der Waals surface area (Å²) in [5, 5.41) is 17.2. The van der Waals surface area contributed by atoms with E-state index in [-0.39, 0.29) is 29.4 Å². The smallest absolute Gasteiger partial charge is 0.387 e. The summed E-state index contributed by atoms with van der Waals surface area (Å²) in [6.07, 6.45) is 0.985. The lowest BCUT2D eigenvalue weighted by Crippen LogP contribution is -2.18. The summed E-state index contributed by atoms with van der Waals surface area (Å²) in [4.78, 5) is 22.7. The predicted octanol–water partition coefficient (Wildman–Crippen LogP) is 2.67. The molecule has 0 aliphatic carbocycles. The SMILES string of the molecule is CCn1ncc([N+](=O)[O-])c1C(=O)Nc1ccc(OC(F)F)c(OC)c1. The van der Waals surface area contributed by atoms with Crippen molar-refractivity contribution in [2.45, 2.75) is 20.1 Å². The lowest BCUT2D eigenvalue weighted by molar-refractivity contribution is -0.385. The molecule has 0 bridgehead atoms. The molecule has 2 rings (SSSR count). The fourth-order valence-electron chi connectivity index (χ4n) is 2.11. The summed E-state index contributed by atoms with van der Waals surface area (Å²) in [6, 6.07) is 3.75. The number of anilines is 1. The van der Waals surface area contributed by atoms with Crippen LogP contribution in [0, 0.1) is 10.1 Å². The van der Waals surface area contributed by atoms with Gasteiger partial charge in [-0.1, -0.05) is 0 Å². The van der Waals surface area contributed by atoms with Crippen LogP contribution in [0.25, 0.3) is 0 Å². The van der Waals surface area contributed by atoms with Gasteiger partial charge in [0.15, 0.2) is 11.5 Å². The number of aromatic nitrogens is 2. The molecular formula is C14H14F2N4O5. The van der Waals surface area contributed by atoms with Crippen LogP contribution in [0.15, 0.2) is 24.4 Å². The molecule has 2 aromatic rings. The van der Waals surface area contributed by atoms with Crippen molar-refractivity contribution in [1.29, 1.82) is 0 Å². The maximum atomic E-state index is 12.4. The fraction of sp³-hybridized carbons (Fsp3) is 0.286. The standard InChI is InChI=1S/C14H14F2N4O5/c1-3-19-12(9(7-17-19)20(22)23)13(21)18-8-4-5-10(25-14(15)16)11(6-8)24-2/h4-7,14H,3H2,1-2H3,(H,18,21). The van der Waals surface area contributed by atoms with Gasteiger partial charge in [-0.25, -0.2) is 0 Å². The molecule has 0 saturated carbocycles. The Morgan fingerprint density at radius 1 is 1.44 bits per heavy atom. The molecule has 1 N–H and O–H groups in total. The van der Waals surface area contributed by atoms with Crippen LogP contribution in [-0.2, 0) is 6.54 Å². The quantitative estimate of drug-likeness (QED) is 0.603. The number of carbonyl (C=O) groups is 1. The summed E-state index contributed by atoms with van der Waals surface area (Å²) in [7, 11) is 1.25. The van der Waals surface area contributed by atoms with Crippen molar-refractivity contribution in [2.75, 3.05) is 12.4 Å². The molecule has 9 nitrogen and oxygen atoms in total. The molecule has 0 spiro atoms. The van der Waals surface area contributed by atoms with Crippen LogP contribution in [0.2, 0.25) is 0 Å². The van der Waals surface area contributed by atoms with Crippen molar-refractivity contribution < 1.29 is 28.0 Å². The third kappa shape index (κ3) is 4.00. The molecule has 1 amide bonds. The second-order valence-corrected chi connectivity index (χ2v) is 4.65. The number of rotatable bonds is 7. The first-order chi connectivity index (χ1) is 11.9. The van der Waals surface area contributed by atoms with Crippen molar-refractivity contribution in [2.24, 2.45) is 0 Å². The molecule has 11 heteroatoms. The van der Waals surface area contributed by atoms with E-state index in [1.54, 1.807) is 6.92 Å². The van der Waals surface area contributed by atoms with Crippen LogP contribution in [0.1, 0.15) is 17.4 Å². The van der Waals surface area contributed by atoms with Crippen LogP contribution in [0.5, 0.6) is 11.5 Å². The number of nitro groups is 1. The van der Waals surface area contributed by atoms with E-state index in [4.69, 9.17) is 4.74 Å². The van der Waals surface area contributed by atoms with E-state index >= 15 is 0 Å². The molecule has 25 heavy (non-hydrogen) atoms. The summed E-state index contributed by atoms with van der Waals surface area (Å²) in [6.45, 7) is -1.11. The minimum absolute atomic E-state index is 0.0309. The molecule has 0 radical (unpaired) electrons. The van der Waals surface area contributed by atoms with Gasteiger partial charge in [0, 0.05) is 18.3 Å². The highest BCUT2D eigenvalue weighted by molar-refractivity contribution is 6.05. The molecule has 0 aliphatic rings. The van der Waals surface area contributed by atoms with E-state index in [2.05, 4.69) is 15.2 Å². The number of carbonyl (C=O) groups excluding carboxylic acids is 1. The number of amides is 1. The molecule has 1 aromatic heterocycles. The Bertz CT molecular complexity index is 794. The third-order valence-corrected chi connectivity index (χ3v) is 3.17. The molecule has 0 unspecified atom stereocenters. The van der Waals surface area contributed by atoms with E-state index in [0.29, 0.717) is 0 Å². The number of aryl methyl sites for hydroxylation is 1. The Balaban J connectivity index is 2.29. The minimum Gasteiger partial charge on any atom is -0.493 e. The van der Waals surface area contributed by atoms with Gasteiger partial charge in [0.25, 0.3) is 5.91 Å². The fourth-order valence-corrected chi connectivity index (χ4v) is 2.11. The monoisotopic (exact) mass is 356 g/mol. The highest BCUT2D eigenvalue weighted by Crippen LogP contribution is 2.31. The van der Waals surface area contributed by atoms with Gasteiger partial charge < -0.3 is 14.8 Å². The molecule has 0 atom stereocenters. The average Bonchev–Trinajstić information content (AvgIpc) is 3.00. The zero-order valence-electron chi connectivity index (χ0n) is 13.2.